The Labute approximate surface area is 159 Å². The molecule has 0 N–H and O–H groups in total. The second-order valence-corrected chi connectivity index (χ2v) is 7.94. The zero-order chi connectivity index (χ0) is 19.7. The zero-order valence-electron chi connectivity index (χ0n) is 16.1. The van der Waals surface area contributed by atoms with E-state index in [1.165, 1.54) is 13.8 Å². The summed E-state index contributed by atoms with van der Waals surface area (Å²) in [6.07, 6.45) is 1.59. The highest BCUT2D eigenvalue weighted by molar-refractivity contribution is 5.89. The molecular weight excluding hydrogens is 352 g/mol. The second kappa shape index (κ2) is 8.00. The van der Waals surface area contributed by atoms with Gasteiger partial charge in [-0.15, -0.1) is 0 Å². The normalized spacial score (nSPS) is 33.6. The van der Waals surface area contributed by atoms with Crippen LogP contribution in [0.15, 0.2) is 12.2 Å². The van der Waals surface area contributed by atoms with Crippen molar-refractivity contribution in [2.24, 2.45) is 17.8 Å². The van der Waals surface area contributed by atoms with Crippen molar-refractivity contribution in [3.05, 3.63) is 12.2 Å². The van der Waals surface area contributed by atoms with Gasteiger partial charge in [-0.1, -0.05) is 13.5 Å². The average molecular weight is 380 g/mol. The summed E-state index contributed by atoms with van der Waals surface area (Å²) in [5.41, 5.74) is 0.213. The van der Waals surface area contributed by atoms with Crippen LogP contribution in [0, 0.1) is 17.8 Å². The summed E-state index contributed by atoms with van der Waals surface area (Å²) in [5.74, 6) is -0.715. The molecule has 7 unspecified atom stereocenters. The molecule has 0 amide bonds. The quantitative estimate of drug-likeness (QED) is 0.290. The largest absolute Gasteiger partial charge is 0.459 e. The summed E-state index contributed by atoms with van der Waals surface area (Å²) in [6, 6.07) is 0. The van der Waals surface area contributed by atoms with Crippen molar-refractivity contribution >= 4 is 17.9 Å². The van der Waals surface area contributed by atoms with Crippen LogP contribution in [0.1, 0.15) is 52.9 Å². The van der Waals surface area contributed by atoms with Crippen molar-refractivity contribution in [1.29, 1.82) is 0 Å². The molecule has 150 valence electrons. The van der Waals surface area contributed by atoms with Gasteiger partial charge in [-0.25, -0.2) is 9.59 Å². The first-order valence-electron chi connectivity index (χ1n) is 9.71. The summed E-state index contributed by atoms with van der Waals surface area (Å²) < 4.78 is 22.1. The van der Waals surface area contributed by atoms with E-state index in [1.807, 2.05) is 6.92 Å². The van der Waals surface area contributed by atoms with Gasteiger partial charge >= 0.3 is 17.9 Å². The van der Waals surface area contributed by atoms with Crippen LogP contribution in [-0.2, 0) is 33.3 Å². The third-order valence-electron chi connectivity index (χ3n) is 5.69. The van der Waals surface area contributed by atoms with Gasteiger partial charge in [-0.05, 0) is 51.4 Å². The van der Waals surface area contributed by atoms with E-state index in [0.29, 0.717) is 12.3 Å². The molecule has 7 atom stereocenters. The summed E-state index contributed by atoms with van der Waals surface area (Å²) in [4.78, 5) is 36.0. The Balaban J connectivity index is 1.60. The Hall–Kier alpha value is -1.89. The lowest BCUT2D eigenvalue weighted by Gasteiger charge is -2.42. The van der Waals surface area contributed by atoms with E-state index < -0.39 is 24.3 Å². The lowest BCUT2D eigenvalue weighted by Crippen LogP contribution is -2.46. The monoisotopic (exact) mass is 380 g/mol. The second-order valence-electron chi connectivity index (χ2n) is 7.94. The van der Waals surface area contributed by atoms with Gasteiger partial charge in [-0.2, -0.15) is 0 Å². The Morgan fingerprint density at radius 2 is 1.96 bits per heavy atom. The topological polar surface area (TPSA) is 88.1 Å². The van der Waals surface area contributed by atoms with Crippen LogP contribution >= 0.6 is 0 Å². The van der Waals surface area contributed by atoms with Crippen molar-refractivity contribution < 1.29 is 33.3 Å². The molecule has 7 nitrogen and oxygen atoms in total. The first-order valence-corrected chi connectivity index (χ1v) is 9.71. The van der Waals surface area contributed by atoms with Crippen LogP contribution in [0.3, 0.4) is 0 Å². The number of hydrogen-bond donors (Lipinski definition) is 0. The predicted octanol–water partition coefficient (Wildman–Crippen LogP) is 2.52. The molecule has 0 spiro atoms. The number of hydrogen-bond acceptors (Lipinski definition) is 7. The minimum absolute atomic E-state index is 0.0310. The minimum atomic E-state index is -1.05. The van der Waals surface area contributed by atoms with Crippen LogP contribution < -0.4 is 0 Å². The van der Waals surface area contributed by atoms with Crippen molar-refractivity contribution in [2.45, 2.75) is 77.5 Å². The highest BCUT2D eigenvalue weighted by Crippen LogP contribution is 2.48. The van der Waals surface area contributed by atoms with Crippen molar-refractivity contribution in [1.82, 2.24) is 0 Å². The zero-order valence-corrected chi connectivity index (χ0v) is 16.1. The highest BCUT2D eigenvalue weighted by Gasteiger charge is 2.51. The molecule has 0 aromatic heterocycles. The van der Waals surface area contributed by atoms with E-state index in [9.17, 15) is 14.4 Å². The van der Waals surface area contributed by atoms with Crippen LogP contribution in [-0.4, -0.2) is 42.5 Å². The van der Waals surface area contributed by atoms with Gasteiger partial charge in [-0.3, -0.25) is 4.79 Å². The molecule has 0 radical (unpaired) electrons. The first kappa shape index (κ1) is 19.9. The molecule has 4 fully saturated rings. The van der Waals surface area contributed by atoms with E-state index in [0.717, 1.165) is 25.7 Å². The molecule has 2 saturated heterocycles. The van der Waals surface area contributed by atoms with Gasteiger partial charge in [0.1, 0.15) is 12.2 Å². The van der Waals surface area contributed by atoms with Gasteiger partial charge in [0.2, 0.25) is 6.29 Å². The molecule has 27 heavy (non-hydrogen) atoms. The van der Waals surface area contributed by atoms with E-state index in [4.69, 9.17) is 18.9 Å². The standard InChI is InChI=1S/C20H28O7/c1-5-16(27-19(22)11(4)24-18(21)10(2)3)26-17-13-6-12-7-14(9-13)20(23)25-15(17)8-12/h11-17H,2,5-9H2,1,3-4H3. The smallest absolute Gasteiger partial charge is 0.349 e. The van der Waals surface area contributed by atoms with Crippen molar-refractivity contribution in [3.63, 3.8) is 0 Å². The van der Waals surface area contributed by atoms with Gasteiger partial charge in [0.15, 0.2) is 6.10 Å². The number of fused-ring (bicyclic) bond motifs is 1. The van der Waals surface area contributed by atoms with Gasteiger partial charge in [0, 0.05) is 12.0 Å². The van der Waals surface area contributed by atoms with E-state index in [2.05, 4.69) is 6.58 Å². The van der Waals surface area contributed by atoms with Gasteiger partial charge in [0.05, 0.1) is 5.92 Å². The Morgan fingerprint density at radius 3 is 2.63 bits per heavy atom. The molecule has 2 aliphatic heterocycles. The first-order chi connectivity index (χ1) is 12.8. The maximum atomic E-state index is 12.2. The molecule has 0 aromatic carbocycles. The molecule has 2 heterocycles. The number of carbonyl (C=O) groups is 3. The number of esters is 3. The fourth-order valence-corrected chi connectivity index (χ4v) is 4.38. The fraction of sp³-hybridized carbons (Fsp3) is 0.750. The van der Waals surface area contributed by atoms with Crippen molar-refractivity contribution in [2.75, 3.05) is 0 Å². The van der Waals surface area contributed by atoms with Crippen LogP contribution in [0.2, 0.25) is 0 Å². The maximum absolute atomic E-state index is 12.2. The molecule has 2 saturated carbocycles. The lowest BCUT2D eigenvalue weighted by atomic mass is 9.67. The van der Waals surface area contributed by atoms with Gasteiger partial charge in [0.25, 0.3) is 0 Å². The van der Waals surface area contributed by atoms with Crippen LogP contribution in [0.5, 0.6) is 0 Å². The maximum Gasteiger partial charge on any atom is 0.349 e. The summed E-state index contributed by atoms with van der Waals surface area (Å²) in [6.45, 7) is 8.29. The van der Waals surface area contributed by atoms with Crippen LogP contribution in [0.25, 0.3) is 0 Å². The Kier molecular flexibility index (Phi) is 5.89. The predicted molar refractivity (Wildman–Crippen MR) is 94.2 cm³/mol. The lowest BCUT2D eigenvalue weighted by molar-refractivity contribution is -0.225. The summed E-state index contributed by atoms with van der Waals surface area (Å²) in [5, 5.41) is 0. The third kappa shape index (κ3) is 4.34. The Morgan fingerprint density at radius 1 is 1.22 bits per heavy atom. The minimum Gasteiger partial charge on any atom is -0.459 e. The molecular formula is C20H28O7. The number of ether oxygens (including phenoxy) is 4. The SMILES string of the molecule is C=C(C)C(=O)OC(C)C(=O)OC(CC)OC1C2CC3CC(C2)C(=O)OC1C3. The van der Waals surface area contributed by atoms with E-state index in [1.54, 1.807) is 0 Å². The third-order valence-corrected chi connectivity index (χ3v) is 5.69. The molecule has 4 aliphatic rings. The van der Waals surface area contributed by atoms with E-state index >= 15 is 0 Å². The highest BCUT2D eigenvalue weighted by atomic mass is 16.7. The summed E-state index contributed by atoms with van der Waals surface area (Å²) >= 11 is 0. The molecule has 4 rings (SSSR count). The molecule has 2 aliphatic carbocycles. The fourth-order valence-electron chi connectivity index (χ4n) is 4.38. The van der Waals surface area contributed by atoms with Gasteiger partial charge < -0.3 is 18.9 Å². The number of rotatable bonds is 7. The molecule has 0 aromatic rings. The van der Waals surface area contributed by atoms with E-state index in [-0.39, 0.29) is 35.6 Å². The van der Waals surface area contributed by atoms with Crippen LogP contribution in [0.4, 0.5) is 0 Å². The summed E-state index contributed by atoms with van der Waals surface area (Å²) in [7, 11) is 0. The molecule has 7 heteroatoms. The molecule has 4 bridgehead atoms. The average Bonchev–Trinajstić information content (AvgIpc) is 2.78. The Bertz CT molecular complexity index is 628. The van der Waals surface area contributed by atoms with Crippen molar-refractivity contribution in [3.8, 4) is 0 Å². The number of carbonyl (C=O) groups excluding carboxylic acids is 3.